The van der Waals surface area contributed by atoms with E-state index in [1.54, 1.807) is 0 Å². The summed E-state index contributed by atoms with van der Waals surface area (Å²) in [4.78, 5) is 0. The lowest BCUT2D eigenvalue weighted by molar-refractivity contribution is -0.870. The number of hydrogen-bond donors (Lipinski definition) is 0. The molecule has 1 rings (SSSR count). The van der Waals surface area contributed by atoms with Gasteiger partial charge in [0.2, 0.25) is 0 Å². The molecule has 90 valence electrons. The Morgan fingerprint density at radius 3 is 1.94 bits per heavy atom. The molecule has 0 radical (unpaired) electrons. The van der Waals surface area contributed by atoms with Gasteiger partial charge in [0.1, 0.15) is 18.9 Å². The molecule has 1 aromatic carbocycles. The minimum atomic E-state index is 0.772. The highest BCUT2D eigenvalue weighted by atomic mass is 16.5. The van der Waals surface area contributed by atoms with Crippen molar-refractivity contribution in [2.24, 2.45) is 0 Å². The van der Waals surface area contributed by atoms with Crippen LogP contribution in [0.3, 0.4) is 0 Å². The average Bonchev–Trinajstić information content (AvgIpc) is 2.07. The minimum absolute atomic E-state index is 0.772. The highest BCUT2D eigenvalue weighted by Crippen LogP contribution is 2.24. The molecule has 0 saturated heterocycles. The van der Waals surface area contributed by atoms with Crippen molar-refractivity contribution < 1.29 is 9.22 Å². The second-order valence-electron chi connectivity index (χ2n) is 5.59. The van der Waals surface area contributed by atoms with Gasteiger partial charge in [0, 0.05) is 0 Å². The number of quaternary nitrogens is 1. The fourth-order valence-electron chi connectivity index (χ4n) is 1.82. The zero-order chi connectivity index (χ0) is 12.3. The topological polar surface area (TPSA) is 9.23 Å². The van der Waals surface area contributed by atoms with Gasteiger partial charge in [-0.1, -0.05) is 17.7 Å². The maximum Gasteiger partial charge on any atom is 0.137 e. The summed E-state index contributed by atoms with van der Waals surface area (Å²) in [5.74, 6) is 1.05. The minimum Gasteiger partial charge on any atom is -0.487 e. The van der Waals surface area contributed by atoms with E-state index in [0.717, 1.165) is 23.4 Å². The fourth-order valence-corrected chi connectivity index (χ4v) is 1.82. The predicted molar refractivity (Wildman–Crippen MR) is 69.0 cm³/mol. The second kappa shape index (κ2) is 4.88. The lowest BCUT2D eigenvalue weighted by Gasteiger charge is -2.24. The van der Waals surface area contributed by atoms with Crippen LogP contribution in [0.2, 0.25) is 0 Å². The van der Waals surface area contributed by atoms with Gasteiger partial charge in [-0.15, -0.1) is 0 Å². The highest BCUT2D eigenvalue weighted by molar-refractivity contribution is 5.42. The van der Waals surface area contributed by atoms with Crippen molar-refractivity contribution in [3.05, 3.63) is 28.8 Å². The summed E-state index contributed by atoms with van der Waals surface area (Å²) in [5, 5.41) is 0. The SMILES string of the molecule is Cc1cc(C)c(OCC[N+](C)(C)C)c(C)c1. The van der Waals surface area contributed by atoms with Gasteiger partial charge in [-0.05, 0) is 31.9 Å². The number of likely N-dealkylation sites (N-methyl/N-ethyl adjacent to an activating group) is 1. The van der Waals surface area contributed by atoms with E-state index < -0.39 is 0 Å². The Kier molecular flexibility index (Phi) is 3.98. The zero-order valence-corrected chi connectivity index (χ0v) is 11.4. The smallest absolute Gasteiger partial charge is 0.137 e. The summed E-state index contributed by atoms with van der Waals surface area (Å²) in [5.41, 5.74) is 3.77. The number of hydrogen-bond acceptors (Lipinski definition) is 1. The van der Waals surface area contributed by atoms with Crippen LogP contribution in [0.1, 0.15) is 16.7 Å². The van der Waals surface area contributed by atoms with Crippen molar-refractivity contribution in [2.45, 2.75) is 20.8 Å². The second-order valence-corrected chi connectivity index (χ2v) is 5.59. The van der Waals surface area contributed by atoms with E-state index in [-0.39, 0.29) is 0 Å². The molecule has 0 spiro atoms. The van der Waals surface area contributed by atoms with Gasteiger partial charge in [-0.3, -0.25) is 0 Å². The Labute approximate surface area is 99.4 Å². The Morgan fingerprint density at radius 2 is 1.50 bits per heavy atom. The van der Waals surface area contributed by atoms with E-state index in [9.17, 15) is 0 Å². The molecule has 2 nitrogen and oxygen atoms in total. The van der Waals surface area contributed by atoms with Gasteiger partial charge >= 0.3 is 0 Å². The molecule has 0 atom stereocenters. The molecule has 0 saturated carbocycles. The van der Waals surface area contributed by atoms with Crippen LogP contribution in [-0.2, 0) is 0 Å². The highest BCUT2D eigenvalue weighted by Gasteiger charge is 2.09. The molecule has 0 unspecified atom stereocenters. The molecule has 0 bridgehead atoms. The Bertz CT molecular complexity index is 340. The predicted octanol–water partition coefficient (Wildman–Crippen LogP) is 2.70. The molecule has 0 N–H and O–H groups in total. The van der Waals surface area contributed by atoms with Crippen molar-refractivity contribution in [1.29, 1.82) is 0 Å². The van der Waals surface area contributed by atoms with Crippen LogP contribution in [-0.4, -0.2) is 38.8 Å². The third kappa shape index (κ3) is 3.86. The molecule has 0 aliphatic heterocycles. The van der Waals surface area contributed by atoms with E-state index >= 15 is 0 Å². The summed E-state index contributed by atoms with van der Waals surface area (Å²) < 4.78 is 6.82. The van der Waals surface area contributed by atoms with Crippen molar-refractivity contribution in [1.82, 2.24) is 0 Å². The molecule has 0 amide bonds. The lowest BCUT2D eigenvalue weighted by Crippen LogP contribution is -2.38. The summed E-state index contributed by atoms with van der Waals surface area (Å²) in [6.07, 6.45) is 0. The zero-order valence-electron chi connectivity index (χ0n) is 11.4. The maximum absolute atomic E-state index is 5.88. The molecule has 0 fully saturated rings. The quantitative estimate of drug-likeness (QED) is 0.712. The molecule has 0 heterocycles. The summed E-state index contributed by atoms with van der Waals surface area (Å²) in [7, 11) is 6.54. The average molecular weight is 222 g/mol. The number of benzene rings is 1. The first-order valence-electron chi connectivity index (χ1n) is 5.81. The first-order chi connectivity index (χ1) is 7.29. The molecule has 0 aliphatic carbocycles. The van der Waals surface area contributed by atoms with Crippen LogP contribution >= 0.6 is 0 Å². The third-order valence-electron chi connectivity index (χ3n) is 2.61. The van der Waals surface area contributed by atoms with E-state index in [0.29, 0.717) is 0 Å². The van der Waals surface area contributed by atoms with Crippen LogP contribution in [0.4, 0.5) is 0 Å². The van der Waals surface area contributed by atoms with Crippen LogP contribution in [0.5, 0.6) is 5.75 Å². The van der Waals surface area contributed by atoms with Crippen molar-refractivity contribution in [3.63, 3.8) is 0 Å². The molecular weight excluding hydrogens is 198 g/mol. The number of nitrogens with zero attached hydrogens (tertiary/aromatic N) is 1. The first kappa shape index (κ1) is 13.0. The number of ether oxygens (including phenoxy) is 1. The molecule has 0 aromatic heterocycles. The van der Waals surface area contributed by atoms with E-state index in [4.69, 9.17) is 4.74 Å². The largest absolute Gasteiger partial charge is 0.487 e. The van der Waals surface area contributed by atoms with Gasteiger partial charge in [0.15, 0.2) is 0 Å². The van der Waals surface area contributed by atoms with Gasteiger partial charge in [0.25, 0.3) is 0 Å². The fraction of sp³-hybridized carbons (Fsp3) is 0.571. The molecule has 2 heteroatoms. The van der Waals surface area contributed by atoms with Crippen LogP contribution in [0, 0.1) is 20.8 Å². The van der Waals surface area contributed by atoms with Gasteiger partial charge in [-0.2, -0.15) is 0 Å². The van der Waals surface area contributed by atoms with E-state index in [1.807, 2.05) is 0 Å². The Morgan fingerprint density at radius 1 is 1.00 bits per heavy atom. The van der Waals surface area contributed by atoms with Crippen LogP contribution < -0.4 is 4.74 Å². The van der Waals surface area contributed by atoms with Gasteiger partial charge < -0.3 is 9.22 Å². The number of rotatable bonds is 4. The van der Waals surface area contributed by atoms with Crippen molar-refractivity contribution >= 4 is 0 Å². The molecular formula is C14H24NO+. The van der Waals surface area contributed by atoms with Gasteiger partial charge in [-0.25, -0.2) is 0 Å². The normalized spacial score (nSPS) is 11.6. The standard InChI is InChI=1S/C14H24NO/c1-11-9-12(2)14(13(3)10-11)16-8-7-15(4,5)6/h9-10H,7-8H2,1-6H3/q+1. The third-order valence-corrected chi connectivity index (χ3v) is 2.61. The summed E-state index contributed by atoms with van der Waals surface area (Å²) >= 11 is 0. The lowest BCUT2D eigenvalue weighted by atomic mass is 10.1. The molecule has 16 heavy (non-hydrogen) atoms. The van der Waals surface area contributed by atoms with E-state index in [1.165, 1.54) is 16.7 Å². The summed E-state index contributed by atoms with van der Waals surface area (Å²) in [6.45, 7) is 8.14. The van der Waals surface area contributed by atoms with Crippen molar-refractivity contribution in [2.75, 3.05) is 34.3 Å². The van der Waals surface area contributed by atoms with Crippen LogP contribution in [0.15, 0.2) is 12.1 Å². The molecule has 1 aromatic rings. The Balaban J connectivity index is 2.68. The van der Waals surface area contributed by atoms with Crippen LogP contribution in [0.25, 0.3) is 0 Å². The number of aryl methyl sites for hydroxylation is 3. The Hall–Kier alpha value is -1.02. The van der Waals surface area contributed by atoms with E-state index in [2.05, 4.69) is 54.0 Å². The maximum atomic E-state index is 5.88. The monoisotopic (exact) mass is 222 g/mol. The first-order valence-corrected chi connectivity index (χ1v) is 5.81. The van der Waals surface area contributed by atoms with Crippen molar-refractivity contribution in [3.8, 4) is 5.75 Å². The summed E-state index contributed by atoms with van der Waals surface area (Å²) in [6, 6.07) is 4.35. The van der Waals surface area contributed by atoms with Gasteiger partial charge in [0.05, 0.1) is 21.1 Å². The molecule has 0 aliphatic rings.